The zero-order chi connectivity index (χ0) is 20.7. The lowest BCUT2D eigenvalue weighted by atomic mass is 10.1. The number of pyridine rings is 1. The smallest absolute Gasteiger partial charge is 0.341 e. The molecule has 0 spiro atoms. The van der Waals surface area contributed by atoms with Crippen molar-refractivity contribution in [2.45, 2.75) is 19.4 Å². The molecule has 0 amide bonds. The van der Waals surface area contributed by atoms with E-state index in [1.54, 1.807) is 0 Å². The van der Waals surface area contributed by atoms with Crippen LogP contribution in [0.2, 0.25) is 0 Å². The molecule has 0 saturated carbocycles. The molecule has 1 fully saturated rings. The van der Waals surface area contributed by atoms with Crippen LogP contribution < -0.4 is 10.3 Å². The molecular formula is C21H17F3N2O3. The highest BCUT2D eigenvalue weighted by atomic mass is 19.1. The summed E-state index contributed by atoms with van der Waals surface area (Å²) in [6.07, 6.45) is 2.91. The fourth-order valence-corrected chi connectivity index (χ4v) is 3.73. The molecule has 2 heterocycles. The highest BCUT2D eigenvalue weighted by Gasteiger charge is 2.21. The first-order chi connectivity index (χ1) is 13.8. The summed E-state index contributed by atoms with van der Waals surface area (Å²) in [6.45, 7) is 1.11. The Morgan fingerprint density at radius 2 is 1.76 bits per heavy atom. The number of aromatic carboxylic acids is 1. The molecule has 1 saturated heterocycles. The summed E-state index contributed by atoms with van der Waals surface area (Å²) in [4.78, 5) is 25.9. The van der Waals surface area contributed by atoms with Crippen molar-refractivity contribution in [2.24, 2.45) is 0 Å². The average molecular weight is 402 g/mol. The summed E-state index contributed by atoms with van der Waals surface area (Å²) in [6, 6.07) is 5.45. The fourth-order valence-electron chi connectivity index (χ4n) is 3.73. The molecule has 1 aromatic heterocycles. The van der Waals surface area contributed by atoms with E-state index in [1.807, 2.05) is 4.90 Å². The fraction of sp³-hybridized carbons (Fsp3) is 0.238. The summed E-state index contributed by atoms with van der Waals surface area (Å²) in [5.41, 5.74) is -0.853. The van der Waals surface area contributed by atoms with Gasteiger partial charge in [0.15, 0.2) is 0 Å². The molecule has 1 aliphatic heterocycles. The summed E-state index contributed by atoms with van der Waals surface area (Å²) in [5.74, 6) is -3.41. The van der Waals surface area contributed by atoms with Gasteiger partial charge in [0, 0.05) is 30.2 Å². The number of rotatable bonds is 4. The van der Waals surface area contributed by atoms with Crippen LogP contribution in [0.15, 0.2) is 41.3 Å². The van der Waals surface area contributed by atoms with E-state index in [1.165, 1.54) is 10.6 Å². The van der Waals surface area contributed by atoms with Crippen LogP contribution in [0.5, 0.6) is 0 Å². The summed E-state index contributed by atoms with van der Waals surface area (Å²) in [7, 11) is 0. The zero-order valence-electron chi connectivity index (χ0n) is 15.3. The quantitative estimate of drug-likeness (QED) is 0.722. The van der Waals surface area contributed by atoms with Gasteiger partial charge in [0.25, 0.3) is 0 Å². The highest BCUT2D eigenvalue weighted by molar-refractivity contribution is 5.93. The van der Waals surface area contributed by atoms with Crippen molar-refractivity contribution in [3.05, 3.63) is 75.3 Å². The molecule has 0 radical (unpaired) electrons. The molecule has 2 aromatic carbocycles. The van der Waals surface area contributed by atoms with Gasteiger partial charge >= 0.3 is 5.97 Å². The van der Waals surface area contributed by atoms with Gasteiger partial charge in [-0.2, -0.15) is 0 Å². The van der Waals surface area contributed by atoms with E-state index >= 15 is 0 Å². The maximum Gasteiger partial charge on any atom is 0.341 e. The molecule has 0 atom stereocenters. The predicted molar refractivity (Wildman–Crippen MR) is 102 cm³/mol. The van der Waals surface area contributed by atoms with Gasteiger partial charge in [-0.3, -0.25) is 4.79 Å². The molecule has 0 bridgehead atoms. The number of aromatic nitrogens is 1. The molecule has 0 unspecified atom stereocenters. The summed E-state index contributed by atoms with van der Waals surface area (Å²) >= 11 is 0. The number of halogens is 3. The predicted octanol–water partition coefficient (Wildman–Crippen LogP) is 3.77. The van der Waals surface area contributed by atoms with Crippen LogP contribution in [0.25, 0.3) is 10.9 Å². The molecule has 4 rings (SSSR count). The molecule has 1 N–H and O–H groups in total. The average Bonchev–Trinajstić information content (AvgIpc) is 3.20. The largest absolute Gasteiger partial charge is 0.477 e. The number of anilines is 1. The van der Waals surface area contributed by atoms with Crippen molar-refractivity contribution in [1.82, 2.24) is 4.57 Å². The van der Waals surface area contributed by atoms with E-state index in [4.69, 9.17) is 0 Å². The Hall–Kier alpha value is -3.29. The van der Waals surface area contributed by atoms with Crippen LogP contribution in [0.1, 0.15) is 28.8 Å². The van der Waals surface area contributed by atoms with Gasteiger partial charge < -0.3 is 14.6 Å². The lowest BCUT2D eigenvalue weighted by Crippen LogP contribution is -2.22. The number of fused-ring (bicyclic) bond motifs is 1. The number of carboxylic acids is 1. The first-order valence-electron chi connectivity index (χ1n) is 9.14. The normalized spacial score (nSPS) is 14.0. The third-order valence-corrected chi connectivity index (χ3v) is 5.17. The number of hydrogen-bond donors (Lipinski definition) is 1. The number of benzene rings is 2. The summed E-state index contributed by atoms with van der Waals surface area (Å²) in [5, 5.41) is 9.24. The van der Waals surface area contributed by atoms with E-state index < -0.39 is 34.4 Å². The molecule has 150 valence electrons. The van der Waals surface area contributed by atoms with Crippen LogP contribution in [0.3, 0.4) is 0 Å². The Balaban J connectivity index is 1.96. The number of nitrogens with zero attached hydrogens (tertiary/aromatic N) is 2. The van der Waals surface area contributed by atoms with Crippen LogP contribution in [-0.4, -0.2) is 28.7 Å². The van der Waals surface area contributed by atoms with Crippen LogP contribution in [0.4, 0.5) is 18.9 Å². The van der Waals surface area contributed by atoms with Crippen molar-refractivity contribution >= 4 is 22.6 Å². The first-order valence-corrected chi connectivity index (χ1v) is 9.14. The van der Waals surface area contributed by atoms with Gasteiger partial charge in [0.05, 0.1) is 17.7 Å². The van der Waals surface area contributed by atoms with E-state index in [0.29, 0.717) is 18.8 Å². The third-order valence-electron chi connectivity index (χ3n) is 5.17. The van der Waals surface area contributed by atoms with E-state index in [9.17, 15) is 27.9 Å². The van der Waals surface area contributed by atoms with Gasteiger partial charge in [-0.15, -0.1) is 0 Å². The maximum atomic E-state index is 14.7. The Morgan fingerprint density at radius 1 is 1.03 bits per heavy atom. The number of carboxylic acid groups (broad SMARTS) is 1. The van der Waals surface area contributed by atoms with Crippen molar-refractivity contribution in [2.75, 3.05) is 18.0 Å². The van der Waals surface area contributed by atoms with Crippen molar-refractivity contribution in [3.8, 4) is 0 Å². The SMILES string of the molecule is O=C(O)c1cn(Cc2cc(F)ccc2F)c2cc(N3CCCC3)c(F)cc2c1=O. The second-order valence-corrected chi connectivity index (χ2v) is 7.06. The lowest BCUT2D eigenvalue weighted by Gasteiger charge is -2.20. The minimum absolute atomic E-state index is 0.0154. The van der Waals surface area contributed by atoms with Crippen molar-refractivity contribution in [3.63, 3.8) is 0 Å². The molecular weight excluding hydrogens is 385 g/mol. The monoisotopic (exact) mass is 402 g/mol. The highest BCUT2D eigenvalue weighted by Crippen LogP contribution is 2.28. The van der Waals surface area contributed by atoms with Gasteiger partial charge in [-0.25, -0.2) is 18.0 Å². The molecule has 0 aliphatic carbocycles. The van der Waals surface area contributed by atoms with E-state index in [2.05, 4.69) is 0 Å². The van der Waals surface area contributed by atoms with Crippen LogP contribution in [0, 0.1) is 17.5 Å². The van der Waals surface area contributed by atoms with Crippen molar-refractivity contribution < 1.29 is 23.1 Å². The van der Waals surface area contributed by atoms with E-state index in [0.717, 1.165) is 43.3 Å². The van der Waals surface area contributed by atoms with Gasteiger partial charge in [0.1, 0.15) is 23.0 Å². The summed E-state index contributed by atoms with van der Waals surface area (Å²) < 4.78 is 43.8. The Labute approximate surface area is 163 Å². The third kappa shape index (κ3) is 3.46. The van der Waals surface area contributed by atoms with E-state index in [-0.39, 0.29) is 23.0 Å². The van der Waals surface area contributed by atoms with Crippen LogP contribution >= 0.6 is 0 Å². The zero-order valence-corrected chi connectivity index (χ0v) is 15.3. The Morgan fingerprint density at radius 3 is 2.45 bits per heavy atom. The number of hydrogen-bond acceptors (Lipinski definition) is 3. The van der Waals surface area contributed by atoms with Gasteiger partial charge in [-0.05, 0) is 43.2 Å². The molecule has 3 aromatic rings. The Bertz CT molecular complexity index is 1180. The van der Waals surface area contributed by atoms with Crippen molar-refractivity contribution in [1.29, 1.82) is 0 Å². The topological polar surface area (TPSA) is 62.5 Å². The standard InChI is InChI=1S/C21H17F3N2O3/c22-13-3-4-16(23)12(7-13)10-26-11-15(21(28)29)20(27)14-8-17(24)19(9-18(14)26)25-5-1-2-6-25/h3-4,7-9,11H,1-2,5-6,10H2,(H,28,29). The number of carbonyl (C=O) groups is 1. The van der Waals surface area contributed by atoms with Crippen LogP contribution in [-0.2, 0) is 6.54 Å². The second kappa shape index (κ2) is 7.27. The second-order valence-electron chi connectivity index (χ2n) is 7.06. The van der Waals surface area contributed by atoms with Gasteiger partial charge in [0.2, 0.25) is 5.43 Å². The minimum Gasteiger partial charge on any atom is -0.477 e. The molecule has 1 aliphatic rings. The first kappa shape index (κ1) is 19.0. The minimum atomic E-state index is -1.48. The molecule has 5 nitrogen and oxygen atoms in total. The van der Waals surface area contributed by atoms with Gasteiger partial charge in [-0.1, -0.05) is 0 Å². The lowest BCUT2D eigenvalue weighted by molar-refractivity contribution is 0.0695. The molecule has 8 heteroatoms. The molecule has 29 heavy (non-hydrogen) atoms. The Kier molecular flexibility index (Phi) is 4.77. The maximum absolute atomic E-state index is 14.7.